The maximum absolute atomic E-state index is 5.69. The van der Waals surface area contributed by atoms with E-state index in [0.717, 1.165) is 28.6 Å². The van der Waals surface area contributed by atoms with Crippen LogP contribution in [0.1, 0.15) is 0 Å². The van der Waals surface area contributed by atoms with Crippen molar-refractivity contribution in [2.45, 2.75) is 0 Å². The van der Waals surface area contributed by atoms with E-state index in [1.807, 2.05) is 66.7 Å². The number of rotatable bonds is 3. The van der Waals surface area contributed by atoms with Crippen molar-refractivity contribution in [3.63, 3.8) is 0 Å². The predicted octanol–water partition coefficient (Wildman–Crippen LogP) is 2.82. The Hall–Kier alpha value is -2.82. The van der Waals surface area contributed by atoms with Crippen molar-refractivity contribution in [2.24, 2.45) is 0 Å². The van der Waals surface area contributed by atoms with E-state index in [2.05, 4.69) is 15.2 Å². The molecule has 3 aromatic rings. The van der Waals surface area contributed by atoms with E-state index >= 15 is 0 Å². The van der Waals surface area contributed by atoms with Crippen LogP contribution in [-0.2, 0) is 0 Å². The van der Waals surface area contributed by atoms with Crippen LogP contribution in [0, 0.1) is 0 Å². The molecule has 3 rings (SSSR count). The minimum atomic E-state index is 0.746. The Kier molecular flexibility index (Phi) is 3.09. The molecule has 0 spiro atoms. The molecule has 0 radical (unpaired) electrons. The molecule has 20 heavy (non-hydrogen) atoms. The summed E-state index contributed by atoms with van der Waals surface area (Å²) < 4.78 is 0. The van der Waals surface area contributed by atoms with E-state index in [4.69, 9.17) is 5.73 Å². The van der Waals surface area contributed by atoms with Gasteiger partial charge in [0, 0.05) is 24.6 Å². The summed E-state index contributed by atoms with van der Waals surface area (Å²) in [5.41, 5.74) is 9.23. The fraction of sp³-hybridized carbons (Fsp3) is 0.0667. The van der Waals surface area contributed by atoms with Crippen molar-refractivity contribution in [3.05, 3.63) is 54.7 Å². The zero-order valence-electron chi connectivity index (χ0n) is 11.1. The lowest BCUT2D eigenvalue weighted by molar-refractivity contribution is 0.989. The van der Waals surface area contributed by atoms with Gasteiger partial charge in [0.15, 0.2) is 5.82 Å². The van der Waals surface area contributed by atoms with E-state index in [-0.39, 0.29) is 0 Å². The van der Waals surface area contributed by atoms with Gasteiger partial charge in [0.25, 0.3) is 0 Å². The number of hydrogen-bond acceptors (Lipinski definition) is 4. The van der Waals surface area contributed by atoms with Crippen molar-refractivity contribution in [2.75, 3.05) is 17.7 Å². The Balaban J connectivity index is 1.85. The summed E-state index contributed by atoms with van der Waals surface area (Å²) in [6, 6.07) is 15.4. The highest BCUT2D eigenvalue weighted by atomic mass is 15.2. The predicted molar refractivity (Wildman–Crippen MR) is 80.7 cm³/mol. The molecule has 5 nitrogen and oxygen atoms in total. The number of nitrogen functional groups attached to an aromatic ring is 1. The third kappa shape index (κ3) is 2.33. The molecule has 0 fully saturated rings. The highest BCUT2D eigenvalue weighted by molar-refractivity contribution is 5.63. The van der Waals surface area contributed by atoms with Crippen LogP contribution >= 0.6 is 0 Å². The second kappa shape index (κ2) is 5.05. The Morgan fingerprint density at radius 1 is 1.00 bits per heavy atom. The van der Waals surface area contributed by atoms with Crippen LogP contribution in [0.2, 0.25) is 0 Å². The summed E-state index contributed by atoms with van der Waals surface area (Å²) in [7, 11) is 1.95. The minimum absolute atomic E-state index is 0.746. The summed E-state index contributed by atoms with van der Waals surface area (Å²) in [5.74, 6) is 0.782. The summed E-state index contributed by atoms with van der Waals surface area (Å²) in [5, 5.41) is 8.50. The molecule has 0 atom stereocenters. The second-order valence-electron chi connectivity index (χ2n) is 4.51. The Morgan fingerprint density at radius 3 is 2.40 bits per heavy atom. The fourth-order valence-corrected chi connectivity index (χ4v) is 1.97. The van der Waals surface area contributed by atoms with Gasteiger partial charge >= 0.3 is 0 Å². The minimum Gasteiger partial charge on any atom is -0.399 e. The number of nitrogens with two attached hydrogens (primary N) is 1. The summed E-state index contributed by atoms with van der Waals surface area (Å²) in [4.78, 5) is 5.07. The maximum Gasteiger partial charge on any atom is 0.155 e. The zero-order valence-corrected chi connectivity index (χ0v) is 11.1. The number of hydrogen-bond donors (Lipinski definition) is 2. The molecular formula is C15H15N5. The fourth-order valence-electron chi connectivity index (χ4n) is 1.97. The van der Waals surface area contributed by atoms with Crippen LogP contribution in [-0.4, -0.2) is 22.2 Å². The summed E-state index contributed by atoms with van der Waals surface area (Å²) in [6.45, 7) is 0. The first-order valence-electron chi connectivity index (χ1n) is 6.31. The topological polar surface area (TPSA) is 70.8 Å². The third-order valence-electron chi connectivity index (χ3n) is 3.15. The van der Waals surface area contributed by atoms with E-state index in [0.29, 0.717) is 0 Å². The molecule has 1 aromatic carbocycles. The normalized spacial score (nSPS) is 10.4. The van der Waals surface area contributed by atoms with Gasteiger partial charge in [-0.15, -0.1) is 10.2 Å². The van der Waals surface area contributed by atoms with E-state index in [1.54, 1.807) is 0 Å². The van der Waals surface area contributed by atoms with Crippen LogP contribution < -0.4 is 10.6 Å². The van der Waals surface area contributed by atoms with E-state index in [9.17, 15) is 0 Å². The second-order valence-corrected chi connectivity index (χ2v) is 4.51. The Bertz CT molecular complexity index is 671. The first-order valence-corrected chi connectivity index (χ1v) is 6.31. The molecule has 0 unspecified atom stereocenters. The van der Waals surface area contributed by atoms with E-state index in [1.165, 1.54) is 0 Å². The number of nitrogens with one attached hydrogen (secondary N) is 1. The van der Waals surface area contributed by atoms with Gasteiger partial charge in [-0.05, 0) is 48.5 Å². The lowest BCUT2D eigenvalue weighted by Crippen LogP contribution is -2.11. The molecule has 0 aliphatic rings. The molecule has 2 aromatic heterocycles. The average Bonchev–Trinajstić information content (AvgIpc) is 3.02. The molecule has 0 aliphatic carbocycles. The van der Waals surface area contributed by atoms with Gasteiger partial charge in [0.05, 0.1) is 5.69 Å². The quantitative estimate of drug-likeness (QED) is 0.714. The summed E-state index contributed by atoms with van der Waals surface area (Å²) in [6.07, 6.45) is 1.87. The molecule has 0 aliphatic heterocycles. The number of nitrogens with zero attached hydrogens (tertiary/aromatic N) is 3. The van der Waals surface area contributed by atoms with Crippen LogP contribution in [0.3, 0.4) is 0 Å². The molecule has 0 amide bonds. The Labute approximate surface area is 117 Å². The number of H-pyrrole nitrogens is 1. The Morgan fingerprint density at radius 2 is 1.80 bits per heavy atom. The van der Waals surface area contributed by atoms with Gasteiger partial charge < -0.3 is 15.6 Å². The lowest BCUT2D eigenvalue weighted by atomic mass is 10.2. The van der Waals surface area contributed by atoms with Gasteiger partial charge in [-0.3, -0.25) is 0 Å². The molecule has 100 valence electrons. The van der Waals surface area contributed by atoms with E-state index < -0.39 is 0 Å². The van der Waals surface area contributed by atoms with Crippen LogP contribution in [0.4, 0.5) is 17.2 Å². The van der Waals surface area contributed by atoms with Gasteiger partial charge in [-0.1, -0.05) is 0 Å². The van der Waals surface area contributed by atoms with Crippen molar-refractivity contribution < 1.29 is 0 Å². The highest BCUT2D eigenvalue weighted by Crippen LogP contribution is 2.23. The maximum atomic E-state index is 5.69. The standard InChI is InChI=1S/C15H15N5/c1-20(12-6-4-11(16)5-7-12)15-9-8-14(18-19-15)13-3-2-10-17-13/h2-10,17H,16H2,1H3. The monoisotopic (exact) mass is 265 g/mol. The first-order chi connectivity index (χ1) is 9.74. The molecular weight excluding hydrogens is 250 g/mol. The number of aromatic nitrogens is 3. The van der Waals surface area contributed by atoms with Crippen LogP contribution in [0.25, 0.3) is 11.4 Å². The molecule has 0 bridgehead atoms. The van der Waals surface area contributed by atoms with Crippen LogP contribution in [0.15, 0.2) is 54.7 Å². The zero-order chi connectivity index (χ0) is 13.9. The van der Waals surface area contributed by atoms with Crippen molar-refractivity contribution in [1.82, 2.24) is 15.2 Å². The molecule has 3 N–H and O–H groups in total. The smallest absolute Gasteiger partial charge is 0.155 e. The average molecular weight is 265 g/mol. The highest BCUT2D eigenvalue weighted by Gasteiger charge is 2.07. The summed E-state index contributed by atoms with van der Waals surface area (Å²) >= 11 is 0. The first kappa shape index (κ1) is 12.2. The van der Waals surface area contributed by atoms with Crippen molar-refractivity contribution >= 4 is 17.2 Å². The number of anilines is 3. The van der Waals surface area contributed by atoms with Gasteiger partial charge in [0.1, 0.15) is 5.69 Å². The molecule has 0 saturated carbocycles. The van der Waals surface area contributed by atoms with Gasteiger partial charge in [0.2, 0.25) is 0 Å². The lowest BCUT2D eigenvalue weighted by Gasteiger charge is -2.17. The number of benzene rings is 1. The largest absolute Gasteiger partial charge is 0.399 e. The van der Waals surface area contributed by atoms with Gasteiger partial charge in [-0.25, -0.2) is 0 Å². The molecule has 2 heterocycles. The third-order valence-corrected chi connectivity index (χ3v) is 3.15. The number of aromatic amines is 1. The van der Waals surface area contributed by atoms with Crippen molar-refractivity contribution in [1.29, 1.82) is 0 Å². The molecule has 0 saturated heterocycles. The molecule has 5 heteroatoms. The van der Waals surface area contributed by atoms with Crippen molar-refractivity contribution in [3.8, 4) is 11.4 Å². The van der Waals surface area contributed by atoms with Gasteiger partial charge in [-0.2, -0.15) is 0 Å². The SMILES string of the molecule is CN(c1ccc(N)cc1)c1ccc(-c2ccc[nH]2)nn1. The van der Waals surface area contributed by atoms with Crippen LogP contribution in [0.5, 0.6) is 0 Å².